The van der Waals surface area contributed by atoms with Gasteiger partial charge in [-0.2, -0.15) is 0 Å². The minimum atomic E-state index is -0.209. The Kier molecular flexibility index (Phi) is 3.79. The molecule has 0 unspecified atom stereocenters. The normalized spacial score (nSPS) is 11.0. The maximum absolute atomic E-state index is 12.9. The van der Waals surface area contributed by atoms with Gasteiger partial charge in [-0.25, -0.2) is 14.4 Å². The zero-order chi connectivity index (χ0) is 16.4. The zero-order valence-electron chi connectivity index (χ0n) is 13.0. The van der Waals surface area contributed by atoms with Crippen LogP contribution in [0.4, 0.5) is 4.39 Å². The van der Waals surface area contributed by atoms with Gasteiger partial charge in [0.15, 0.2) is 0 Å². The van der Waals surface area contributed by atoms with E-state index >= 15 is 0 Å². The Labute approximate surface area is 139 Å². The number of aromatic nitrogens is 3. The standard InChI is InChI=1S/C20H16FN3/c21-18-5-1-14(2-6-18)3-8-20-23-12-17(13-24-20)15-4-7-19-16(11-15)9-10-22-19/h1-2,4-7,9-13,22H,3,8H2. The van der Waals surface area contributed by atoms with Crippen molar-refractivity contribution in [2.75, 3.05) is 0 Å². The van der Waals surface area contributed by atoms with Crippen molar-refractivity contribution in [1.29, 1.82) is 0 Å². The number of rotatable bonds is 4. The van der Waals surface area contributed by atoms with Crippen molar-refractivity contribution in [2.24, 2.45) is 0 Å². The van der Waals surface area contributed by atoms with Crippen LogP contribution < -0.4 is 0 Å². The van der Waals surface area contributed by atoms with Gasteiger partial charge in [0.05, 0.1) is 0 Å². The molecule has 2 aromatic heterocycles. The topological polar surface area (TPSA) is 41.6 Å². The summed E-state index contributed by atoms with van der Waals surface area (Å²) in [4.78, 5) is 12.1. The minimum Gasteiger partial charge on any atom is -0.361 e. The maximum atomic E-state index is 12.9. The van der Waals surface area contributed by atoms with Crippen molar-refractivity contribution >= 4 is 10.9 Å². The van der Waals surface area contributed by atoms with E-state index in [1.807, 2.05) is 18.6 Å². The second-order valence-electron chi connectivity index (χ2n) is 5.79. The molecular weight excluding hydrogens is 301 g/mol. The van der Waals surface area contributed by atoms with Crippen LogP contribution in [-0.4, -0.2) is 15.0 Å². The van der Waals surface area contributed by atoms with Crippen molar-refractivity contribution in [1.82, 2.24) is 15.0 Å². The Morgan fingerprint density at radius 3 is 2.42 bits per heavy atom. The van der Waals surface area contributed by atoms with E-state index in [1.54, 1.807) is 12.1 Å². The van der Waals surface area contributed by atoms with Crippen LogP contribution in [0.3, 0.4) is 0 Å². The lowest BCUT2D eigenvalue weighted by molar-refractivity contribution is 0.627. The number of nitrogens with zero attached hydrogens (tertiary/aromatic N) is 2. The van der Waals surface area contributed by atoms with E-state index in [1.165, 1.54) is 17.5 Å². The zero-order valence-corrected chi connectivity index (χ0v) is 13.0. The Morgan fingerprint density at radius 2 is 1.62 bits per heavy atom. The molecule has 1 N–H and O–H groups in total. The van der Waals surface area contributed by atoms with E-state index in [2.05, 4.69) is 39.2 Å². The first kappa shape index (κ1) is 14.6. The van der Waals surface area contributed by atoms with Crippen LogP contribution in [0.2, 0.25) is 0 Å². The average molecular weight is 317 g/mol. The number of H-pyrrole nitrogens is 1. The largest absolute Gasteiger partial charge is 0.361 e. The second-order valence-corrected chi connectivity index (χ2v) is 5.79. The molecule has 0 aliphatic carbocycles. The number of fused-ring (bicyclic) bond motifs is 1. The van der Waals surface area contributed by atoms with E-state index in [-0.39, 0.29) is 5.82 Å². The predicted octanol–water partition coefficient (Wildman–Crippen LogP) is 4.55. The van der Waals surface area contributed by atoms with Crippen LogP contribution >= 0.6 is 0 Å². The lowest BCUT2D eigenvalue weighted by Crippen LogP contribution is -1.98. The number of benzene rings is 2. The Hall–Kier alpha value is -3.01. The molecule has 0 atom stereocenters. The van der Waals surface area contributed by atoms with Gasteiger partial charge in [-0.05, 0) is 53.3 Å². The number of hydrogen-bond donors (Lipinski definition) is 1. The lowest BCUT2D eigenvalue weighted by Gasteiger charge is -2.04. The summed E-state index contributed by atoms with van der Waals surface area (Å²) < 4.78 is 12.9. The first-order valence-electron chi connectivity index (χ1n) is 7.91. The highest BCUT2D eigenvalue weighted by atomic mass is 19.1. The highest BCUT2D eigenvalue weighted by Crippen LogP contribution is 2.22. The van der Waals surface area contributed by atoms with E-state index in [9.17, 15) is 4.39 Å². The summed E-state index contributed by atoms with van der Waals surface area (Å²) in [5.74, 6) is 0.588. The van der Waals surface area contributed by atoms with Crippen molar-refractivity contribution in [3.05, 3.63) is 84.3 Å². The Balaban J connectivity index is 1.48. The molecule has 0 bridgehead atoms. The molecule has 0 saturated heterocycles. The Morgan fingerprint density at radius 1 is 0.833 bits per heavy atom. The van der Waals surface area contributed by atoms with Gasteiger partial charge in [-0.3, -0.25) is 0 Å². The molecule has 4 aromatic rings. The summed E-state index contributed by atoms with van der Waals surface area (Å²) in [5.41, 5.74) is 4.31. The summed E-state index contributed by atoms with van der Waals surface area (Å²) >= 11 is 0. The van der Waals surface area contributed by atoms with Gasteiger partial charge in [-0.1, -0.05) is 18.2 Å². The molecule has 0 fully saturated rings. The van der Waals surface area contributed by atoms with E-state index in [0.717, 1.165) is 40.9 Å². The van der Waals surface area contributed by atoms with Gasteiger partial charge >= 0.3 is 0 Å². The highest BCUT2D eigenvalue weighted by molar-refractivity contribution is 5.84. The third-order valence-electron chi connectivity index (χ3n) is 4.14. The fourth-order valence-electron chi connectivity index (χ4n) is 2.77. The first-order valence-corrected chi connectivity index (χ1v) is 7.91. The van der Waals surface area contributed by atoms with E-state index in [0.29, 0.717) is 0 Å². The van der Waals surface area contributed by atoms with Gasteiger partial charge in [0.2, 0.25) is 0 Å². The fraction of sp³-hybridized carbons (Fsp3) is 0.100. The summed E-state index contributed by atoms with van der Waals surface area (Å²) in [6.45, 7) is 0. The third kappa shape index (κ3) is 3.04. The second kappa shape index (κ2) is 6.24. The molecule has 2 heterocycles. The van der Waals surface area contributed by atoms with E-state index < -0.39 is 0 Å². The molecular formula is C20H16FN3. The smallest absolute Gasteiger partial charge is 0.128 e. The fourth-order valence-corrected chi connectivity index (χ4v) is 2.77. The van der Waals surface area contributed by atoms with Gasteiger partial charge in [-0.15, -0.1) is 0 Å². The van der Waals surface area contributed by atoms with Crippen molar-refractivity contribution in [2.45, 2.75) is 12.8 Å². The summed E-state index contributed by atoms with van der Waals surface area (Å²) in [6.07, 6.45) is 7.20. The monoisotopic (exact) mass is 317 g/mol. The third-order valence-corrected chi connectivity index (χ3v) is 4.14. The highest BCUT2D eigenvalue weighted by Gasteiger charge is 2.03. The van der Waals surface area contributed by atoms with E-state index in [4.69, 9.17) is 0 Å². The minimum absolute atomic E-state index is 0.209. The average Bonchev–Trinajstić information content (AvgIpc) is 3.09. The number of aryl methyl sites for hydroxylation is 2. The molecule has 4 heteroatoms. The molecule has 24 heavy (non-hydrogen) atoms. The van der Waals surface area contributed by atoms with Crippen LogP contribution in [0, 0.1) is 5.82 Å². The Bertz CT molecular complexity index is 956. The summed E-state index contributed by atoms with van der Waals surface area (Å²) in [5, 5.41) is 1.17. The van der Waals surface area contributed by atoms with Gasteiger partial charge < -0.3 is 4.98 Å². The molecule has 2 aromatic carbocycles. The number of nitrogens with one attached hydrogen (secondary N) is 1. The molecule has 4 rings (SSSR count). The molecule has 0 amide bonds. The number of aromatic amines is 1. The lowest BCUT2D eigenvalue weighted by atomic mass is 10.1. The molecule has 3 nitrogen and oxygen atoms in total. The SMILES string of the molecule is Fc1ccc(CCc2ncc(-c3ccc4[nH]ccc4c3)cn2)cc1. The molecule has 0 spiro atoms. The van der Waals surface area contributed by atoms with Crippen molar-refractivity contribution in [3.8, 4) is 11.1 Å². The summed E-state index contributed by atoms with van der Waals surface area (Å²) in [6, 6.07) is 14.9. The van der Waals surface area contributed by atoms with Gasteiger partial charge in [0.1, 0.15) is 11.6 Å². The quantitative estimate of drug-likeness (QED) is 0.600. The molecule has 0 saturated carbocycles. The van der Waals surface area contributed by atoms with Crippen LogP contribution in [0.25, 0.3) is 22.0 Å². The molecule has 0 aliphatic rings. The number of hydrogen-bond acceptors (Lipinski definition) is 2. The van der Waals surface area contributed by atoms with Crippen LogP contribution in [0.5, 0.6) is 0 Å². The molecule has 0 aliphatic heterocycles. The first-order chi connectivity index (χ1) is 11.8. The maximum Gasteiger partial charge on any atom is 0.128 e. The van der Waals surface area contributed by atoms with Gasteiger partial charge in [0.25, 0.3) is 0 Å². The van der Waals surface area contributed by atoms with Crippen molar-refractivity contribution < 1.29 is 4.39 Å². The van der Waals surface area contributed by atoms with Crippen LogP contribution in [0.15, 0.2) is 67.1 Å². The van der Waals surface area contributed by atoms with Crippen LogP contribution in [0.1, 0.15) is 11.4 Å². The van der Waals surface area contributed by atoms with Crippen molar-refractivity contribution in [3.63, 3.8) is 0 Å². The molecule has 118 valence electrons. The number of halogens is 1. The van der Waals surface area contributed by atoms with Crippen LogP contribution in [-0.2, 0) is 12.8 Å². The molecule has 0 radical (unpaired) electrons. The van der Waals surface area contributed by atoms with Gasteiger partial charge in [0, 0.05) is 36.1 Å². The predicted molar refractivity (Wildman–Crippen MR) is 93.1 cm³/mol. The summed E-state index contributed by atoms with van der Waals surface area (Å²) in [7, 11) is 0.